The third-order valence-corrected chi connectivity index (χ3v) is 3.56. The quantitative estimate of drug-likeness (QED) is 0.713. The van der Waals surface area contributed by atoms with Crippen LogP contribution in [0.25, 0.3) is 10.9 Å². The highest BCUT2D eigenvalue weighted by atomic mass is 16.1. The van der Waals surface area contributed by atoms with E-state index in [0.29, 0.717) is 5.92 Å². The first-order valence-corrected chi connectivity index (χ1v) is 6.33. The third-order valence-electron chi connectivity index (χ3n) is 3.56. The Labute approximate surface area is 102 Å². The number of aromatic nitrogens is 1. The molecule has 2 aromatic rings. The monoisotopic (exact) mass is 229 g/mol. The van der Waals surface area contributed by atoms with Crippen LogP contribution in [-0.2, 0) is 6.54 Å². The Hall–Kier alpha value is -1.57. The number of benzene rings is 1. The second kappa shape index (κ2) is 5.17. The van der Waals surface area contributed by atoms with E-state index in [1.165, 1.54) is 12.8 Å². The molecule has 0 aliphatic rings. The van der Waals surface area contributed by atoms with Crippen molar-refractivity contribution in [2.24, 2.45) is 5.92 Å². The molecule has 90 valence electrons. The van der Waals surface area contributed by atoms with Gasteiger partial charge in [0, 0.05) is 23.7 Å². The highest BCUT2D eigenvalue weighted by molar-refractivity contribution is 5.96. The van der Waals surface area contributed by atoms with Crippen LogP contribution >= 0.6 is 0 Å². The molecule has 1 heterocycles. The van der Waals surface area contributed by atoms with E-state index in [0.717, 1.165) is 29.3 Å². The molecule has 0 aliphatic heterocycles. The molecule has 2 heteroatoms. The van der Waals surface area contributed by atoms with E-state index in [4.69, 9.17) is 0 Å². The normalized spacial score (nSPS) is 11.2. The van der Waals surface area contributed by atoms with Gasteiger partial charge in [-0.3, -0.25) is 4.79 Å². The standard InChI is InChI=1S/C15H19NO/c1-3-12(4-2)10-16-9-8-13-6-5-7-14(11-17)15(13)16/h5-9,11-12H,3-4,10H2,1-2H3. The fraction of sp³-hybridized carbons (Fsp3) is 0.400. The van der Waals surface area contributed by atoms with E-state index >= 15 is 0 Å². The van der Waals surface area contributed by atoms with Gasteiger partial charge >= 0.3 is 0 Å². The van der Waals surface area contributed by atoms with Crippen LogP contribution < -0.4 is 0 Å². The summed E-state index contributed by atoms with van der Waals surface area (Å²) in [6.45, 7) is 5.45. The minimum atomic E-state index is 0.685. The van der Waals surface area contributed by atoms with Gasteiger partial charge in [0.1, 0.15) is 0 Å². The number of carbonyl (C=O) groups excluding carboxylic acids is 1. The van der Waals surface area contributed by atoms with Crippen LogP contribution in [0.1, 0.15) is 37.0 Å². The van der Waals surface area contributed by atoms with Gasteiger partial charge in [-0.05, 0) is 18.1 Å². The molecule has 0 N–H and O–H groups in total. The van der Waals surface area contributed by atoms with Crippen molar-refractivity contribution in [1.29, 1.82) is 0 Å². The van der Waals surface area contributed by atoms with Crippen LogP contribution in [0.4, 0.5) is 0 Å². The van der Waals surface area contributed by atoms with E-state index in [-0.39, 0.29) is 0 Å². The van der Waals surface area contributed by atoms with E-state index in [9.17, 15) is 4.79 Å². The molecule has 0 amide bonds. The molecule has 0 radical (unpaired) electrons. The van der Waals surface area contributed by atoms with Gasteiger partial charge in [0.05, 0.1) is 5.52 Å². The van der Waals surface area contributed by atoms with Gasteiger partial charge < -0.3 is 4.57 Å². The fourth-order valence-corrected chi connectivity index (χ4v) is 2.36. The Balaban J connectivity index is 2.44. The summed E-state index contributed by atoms with van der Waals surface area (Å²) in [5.74, 6) is 0.685. The first kappa shape index (κ1) is 11.9. The Morgan fingerprint density at radius 2 is 2.00 bits per heavy atom. The lowest BCUT2D eigenvalue weighted by molar-refractivity contribution is 0.112. The third kappa shape index (κ3) is 2.26. The maximum absolute atomic E-state index is 11.1. The summed E-state index contributed by atoms with van der Waals surface area (Å²) in [4.78, 5) is 11.1. The molecule has 0 saturated carbocycles. The Morgan fingerprint density at radius 3 is 2.65 bits per heavy atom. The molecule has 0 aliphatic carbocycles. The van der Waals surface area contributed by atoms with Gasteiger partial charge in [0.2, 0.25) is 0 Å². The SMILES string of the molecule is CCC(CC)Cn1ccc2cccc(C=O)c21. The van der Waals surface area contributed by atoms with Crippen molar-refractivity contribution >= 4 is 17.2 Å². The van der Waals surface area contributed by atoms with Crippen molar-refractivity contribution in [2.45, 2.75) is 33.2 Å². The van der Waals surface area contributed by atoms with Gasteiger partial charge in [0.15, 0.2) is 6.29 Å². The van der Waals surface area contributed by atoms with Gasteiger partial charge in [-0.2, -0.15) is 0 Å². The molecule has 0 unspecified atom stereocenters. The zero-order valence-electron chi connectivity index (χ0n) is 10.5. The number of fused-ring (bicyclic) bond motifs is 1. The van der Waals surface area contributed by atoms with Crippen LogP contribution in [0.15, 0.2) is 30.5 Å². The van der Waals surface area contributed by atoms with E-state index in [1.807, 2.05) is 12.1 Å². The first-order chi connectivity index (χ1) is 8.30. The highest BCUT2D eigenvalue weighted by Gasteiger charge is 2.09. The number of hydrogen-bond donors (Lipinski definition) is 0. The van der Waals surface area contributed by atoms with Crippen LogP contribution in [0.2, 0.25) is 0 Å². The zero-order chi connectivity index (χ0) is 12.3. The van der Waals surface area contributed by atoms with Crippen LogP contribution in [0, 0.1) is 5.92 Å². The fourth-order valence-electron chi connectivity index (χ4n) is 2.36. The number of nitrogens with zero attached hydrogens (tertiary/aromatic N) is 1. The molecule has 2 rings (SSSR count). The highest BCUT2D eigenvalue weighted by Crippen LogP contribution is 2.22. The molecule has 0 saturated heterocycles. The summed E-state index contributed by atoms with van der Waals surface area (Å²) >= 11 is 0. The molecule has 17 heavy (non-hydrogen) atoms. The minimum Gasteiger partial charge on any atom is -0.347 e. The minimum absolute atomic E-state index is 0.685. The predicted molar refractivity (Wildman–Crippen MR) is 71.4 cm³/mol. The smallest absolute Gasteiger partial charge is 0.152 e. The molecule has 0 fully saturated rings. The van der Waals surface area contributed by atoms with Crippen molar-refractivity contribution in [2.75, 3.05) is 0 Å². The second-order valence-corrected chi connectivity index (χ2v) is 4.55. The second-order valence-electron chi connectivity index (χ2n) is 4.55. The van der Waals surface area contributed by atoms with Crippen LogP contribution in [-0.4, -0.2) is 10.9 Å². The summed E-state index contributed by atoms with van der Waals surface area (Å²) in [6.07, 6.45) is 5.40. The average molecular weight is 229 g/mol. The molecule has 2 nitrogen and oxygen atoms in total. The van der Waals surface area contributed by atoms with Crippen molar-refractivity contribution in [3.05, 3.63) is 36.0 Å². The van der Waals surface area contributed by atoms with Crippen LogP contribution in [0.5, 0.6) is 0 Å². The number of rotatable bonds is 5. The van der Waals surface area contributed by atoms with Gasteiger partial charge in [-0.25, -0.2) is 0 Å². The molecule has 0 atom stereocenters. The van der Waals surface area contributed by atoms with Gasteiger partial charge in [0.25, 0.3) is 0 Å². The lowest BCUT2D eigenvalue weighted by atomic mass is 10.0. The summed E-state index contributed by atoms with van der Waals surface area (Å²) in [6, 6.07) is 7.97. The maximum Gasteiger partial charge on any atom is 0.152 e. The van der Waals surface area contributed by atoms with E-state index in [2.05, 4.69) is 36.7 Å². The van der Waals surface area contributed by atoms with Gasteiger partial charge in [-0.15, -0.1) is 0 Å². The lowest BCUT2D eigenvalue weighted by Gasteiger charge is -2.14. The van der Waals surface area contributed by atoms with Gasteiger partial charge in [-0.1, -0.05) is 38.8 Å². The summed E-state index contributed by atoms with van der Waals surface area (Å²) in [5, 5.41) is 1.15. The summed E-state index contributed by atoms with van der Waals surface area (Å²) in [5.41, 5.74) is 1.87. The van der Waals surface area contributed by atoms with E-state index in [1.54, 1.807) is 0 Å². The topological polar surface area (TPSA) is 22.0 Å². The van der Waals surface area contributed by atoms with Crippen molar-refractivity contribution < 1.29 is 4.79 Å². The Bertz CT molecular complexity index is 509. The van der Waals surface area contributed by atoms with Crippen molar-refractivity contribution in [3.8, 4) is 0 Å². The Morgan fingerprint density at radius 1 is 1.24 bits per heavy atom. The number of carbonyl (C=O) groups is 1. The number of hydrogen-bond acceptors (Lipinski definition) is 1. The largest absolute Gasteiger partial charge is 0.347 e. The summed E-state index contributed by atoms with van der Waals surface area (Å²) in [7, 11) is 0. The maximum atomic E-state index is 11.1. The predicted octanol–water partition coefficient (Wildman–Crippen LogP) is 3.89. The molecule has 0 spiro atoms. The first-order valence-electron chi connectivity index (χ1n) is 6.33. The van der Waals surface area contributed by atoms with Crippen molar-refractivity contribution in [3.63, 3.8) is 0 Å². The molecular weight excluding hydrogens is 210 g/mol. The number of para-hydroxylation sites is 1. The average Bonchev–Trinajstić information content (AvgIpc) is 2.79. The lowest BCUT2D eigenvalue weighted by Crippen LogP contribution is -2.08. The van der Waals surface area contributed by atoms with E-state index < -0.39 is 0 Å². The molecule has 0 bridgehead atoms. The molecular formula is C15H19NO. The molecule has 1 aromatic carbocycles. The Kier molecular flexibility index (Phi) is 3.62. The summed E-state index contributed by atoms with van der Waals surface area (Å²) < 4.78 is 2.22. The zero-order valence-corrected chi connectivity index (χ0v) is 10.5. The van der Waals surface area contributed by atoms with Crippen molar-refractivity contribution in [1.82, 2.24) is 4.57 Å². The van der Waals surface area contributed by atoms with Crippen LogP contribution in [0.3, 0.4) is 0 Å². The molecule has 1 aromatic heterocycles. The number of aldehydes is 1.